The Hall–Kier alpha value is -2.84. The monoisotopic (exact) mass is 439 g/mol. The lowest BCUT2D eigenvalue weighted by atomic mass is 9.81. The summed E-state index contributed by atoms with van der Waals surface area (Å²) in [6.45, 7) is 12.7. The number of rotatable bonds is 3. The Bertz CT molecular complexity index is 1350. The molecule has 1 aliphatic rings. The van der Waals surface area contributed by atoms with Crippen molar-refractivity contribution in [3.8, 4) is 5.69 Å². The van der Waals surface area contributed by atoms with Gasteiger partial charge in [-0.2, -0.15) is 0 Å². The maximum absolute atomic E-state index is 4.10. The highest BCUT2D eigenvalue weighted by atomic mass is 79.9. The van der Waals surface area contributed by atoms with Crippen LogP contribution < -0.4 is 0 Å². The van der Waals surface area contributed by atoms with Crippen LogP contribution >= 0.6 is 15.9 Å². The predicted octanol–water partition coefficient (Wildman–Crippen LogP) is 7.96. The van der Waals surface area contributed by atoms with E-state index in [1.54, 1.807) is 0 Å². The molecule has 4 aromatic rings. The molecule has 142 valence electrons. The van der Waals surface area contributed by atoms with E-state index < -0.39 is 0 Å². The predicted molar refractivity (Wildman–Crippen MR) is 129 cm³/mol. The number of allylic oxidation sites excluding steroid dienone is 4. The average Bonchev–Trinajstić information content (AvgIpc) is 3.15. The Labute approximate surface area is 179 Å². The second-order valence-corrected chi connectivity index (χ2v) is 9.02. The van der Waals surface area contributed by atoms with E-state index in [1.165, 1.54) is 49.8 Å². The number of benzene rings is 3. The fourth-order valence-electron chi connectivity index (χ4n) is 4.84. The zero-order valence-electron chi connectivity index (χ0n) is 16.7. The number of hydrogen-bond donors (Lipinski definition) is 0. The first-order chi connectivity index (χ1) is 14.0. The molecule has 1 nitrogen and oxygen atoms in total. The topological polar surface area (TPSA) is 4.93 Å². The SMILES string of the molecule is C=CC1=C(C=C)C(C)(C)c2cc3c(cc21)c1cc(Br)ccc1n3-c1ccccc1. The standard InChI is InChI=1S/C27H22BrN/c1-5-19-20-15-22-21-14-17(28)12-13-25(21)29(18-10-8-7-9-11-18)26(22)16-24(20)27(3,4)23(19)6-2/h5-16H,1-2H2,3-4H3. The van der Waals surface area contributed by atoms with Crippen LogP contribution in [0.25, 0.3) is 33.1 Å². The Balaban J connectivity index is 1.97. The molecule has 5 rings (SSSR count). The van der Waals surface area contributed by atoms with Crippen molar-refractivity contribution in [2.24, 2.45) is 0 Å². The van der Waals surface area contributed by atoms with Gasteiger partial charge in [-0.25, -0.2) is 0 Å². The quantitative estimate of drug-likeness (QED) is 0.305. The second-order valence-electron chi connectivity index (χ2n) is 8.11. The van der Waals surface area contributed by atoms with Crippen LogP contribution in [0.5, 0.6) is 0 Å². The summed E-state index contributed by atoms with van der Waals surface area (Å²) >= 11 is 3.66. The average molecular weight is 440 g/mol. The fraction of sp³-hybridized carbons (Fsp3) is 0.111. The molecule has 0 fully saturated rings. The fourth-order valence-corrected chi connectivity index (χ4v) is 5.21. The number of nitrogens with zero attached hydrogens (tertiary/aromatic N) is 1. The molecule has 3 aromatic carbocycles. The van der Waals surface area contributed by atoms with Crippen molar-refractivity contribution in [2.45, 2.75) is 19.3 Å². The summed E-state index contributed by atoms with van der Waals surface area (Å²) in [5.74, 6) is 0. The van der Waals surface area contributed by atoms with Gasteiger partial charge >= 0.3 is 0 Å². The van der Waals surface area contributed by atoms with E-state index in [2.05, 4.69) is 108 Å². The third-order valence-electron chi connectivity index (χ3n) is 6.22. The molecule has 0 aliphatic heterocycles. The van der Waals surface area contributed by atoms with Gasteiger partial charge in [0, 0.05) is 26.3 Å². The molecule has 1 heterocycles. The number of aromatic nitrogens is 1. The molecule has 0 unspecified atom stereocenters. The molecule has 0 bridgehead atoms. The summed E-state index contributed by atoms with van der Waals surface area (Å²) in [6, 6.07) is 21.8. The zero-order valence-corrected chi connectivity index (χ0v) is 18.3. The molecule has 0 amide bonds. The van der Waals surface area contributed by atoms with Gasteiger partial charge in [0.05, 0.1) is 11.0 Å². The van der Waals surface area contributed by atoms with E-state index in [1.807, 2.05) is 12.2 Å². The summed E-state index contributed by atoms with van der Waals surface area (Å²) < 4.78 is 3.46. The second kappa shape index (κ2) is 6.33. The number of para-hydroxylation sites is 1. The summed E-state index contributed by atoms with van der Waals surface area (Å²) in [5.41, 5.74) is 8.53. The summed E-state index contributed by atoms with van der Waals surface area (Å²) in [5, 5.41) is 2.50. The number of hydrogen-bond acceptors (Lipinski definition) is 0. The van der Waals surface area contributed by atoms with Gasteiger partial charge in [-0.3, -0.25) is 0 Å². The minimum atomic E-state index is -0.104. The highest BCUT2D eigenvalue weighted by Crippen LogP contribution is 2.49. The van der Waals surface area contributed by atoms with E-state index in [9.17, 15) is 0 Å². The highest BCUT2D eigenvalue weighted by molar-refractivity contribution is 9.10. The molecule has 2 heteroatoms. The first kappa shape index (κ1) is 18.2. The van der Waals surface area contributed by atoms with Crippen molar-refractivity contribution >= 4 is 43.3 Å². The Kier molecular flexibility index (Phi) is 3.97. The van der Waals surface area contributed by atoms with Gasteiger partial charge in [-0.1, -0.05) is 73.3 Å². The van der Waals surface area contributed by atoms with Gasteiger partial charge < -0.3 is 4.57 Å². The summed E-state index contributed by atoms with van der Waals surface area (Å²) in [7, 11) is 0. The van der Waals surface area contributed by atoms with Gasteiger partial charge in [0.2, 0.25) is 0 Å². The minimum absolute atomic E-state index is 0.104. The molecule has 0 spiro atoms. The largest absolute Gasteiger partial charge is 0.309 e. The van der Waals surface area contributed by atoms with E-state index in [4.69, 9.17) is 0 Å². The van der Waals surface area contributed by atoms with Crippen LogP contribution in [0, 0.1) is 0 Å². The van der Waals surface area contributed by atoms with Crippen molar-refractivity contribution < 1.29 is 0 Å². The zero-order chi connectivity index (χ0) is 20.3. The van der Waals surface area contributed by atoms with E-state index in [0.29, 0.717) is 0 Å². The molecular weight excluding hydrogens is 418 g/mol. The summed E-state index contributed by atoms with van der Waals surface area (Å²) in [4.78, 5) is 0. The van der Waals surface area contributed by atoms with Gasteiger partial charge in [0.25, 0.3) is 0 Å². The molecule has 0 saturated heterocycles. The smallest absolute Gasteiger partial charge is 0.0544 e. The van der Waals surface area contributed by atoms with E-state index >= 15 is 0 Å². The molecule has 29 heavy (non-hydrogen) atoms. The van der Waals surface area contributed by atoms with Crippen LogP contribution in [0.15, 0.2) is 96.0 Å². The van der Waals surface area contributed by atoms with Crippen molar-refractivity contribution in [1.29, 1.82) is 0 Å². The first-order valence-electron chi connectivity index (χ1n) is 9.81. The lowest BCUT2D eigenvalue weighted by molar-refractivity contribution is 0.655. The van der Waals surface area contributed by atoms with Crippen molar-refractivity contribution in [3.05, 3.63) is 107 Å². The number of halogens is 1. The lowest BCUT2D eigenvalue weighted by Crippen LogP contribution is -2.16. The van der Waals surface area contributed by atoms with Crippen molar-refractivity contribution in [2.75, 3.05) is 0 Å². The third-order valence-corrected chi connectivity index (χ3v) is 6.71. The van der Waals surface area contributed by atoms with Gasteiger partial charge in [0.1, 0.15) is 0 Å². The molecule has 1 aromatic heterocycles. The third kappa shape index (κ3) is 2.45. The Morgan fingerprint density at radius 1 is 0.862 bits per heavy atom. The van der Waals surface area contributed by atoms with Crippen LogP contribution in [0.2, 0.25) is 0 Å². The Morgan fingerprint density at radius 3 is 2.28 bits per heavy atom. The minimum Gasteiger partial charge on any atom is -0.309 e. The molecule has 0 N–H and O–H groups in total. The molecule has 0 saturated carbocycles. The maximum Gasteiger partial charge on any atom is 0.0544 e. The van der Waals surface area contributed by atoms with Gasteiger partial charge in [-0.15, -0.1) is 0 Å². The van der Waals surface area contributed by atoms with E-state index in [0.717, 1.165) is 4.47 Å². The molecule has 0 radical (unpaired) electrons. The van der Waals surface area contributed by atoms with Crippen molar-refractivity contribution in [3.63, 3.8) is 0 Å². The van der Waals surface area contributed by atoms with Crippen LogP contribution in [-0.4, -0.2) is 4.57 Å². The van der Waals surface area contributed by atoms with Crippen LogP contribution in [-0.2, 0) is 5.41 Å². The maximum atomic E-state index is 4.10. The van der Waals surface area contributed by atoms with Gasteiger partial charge in [0.15, 0.2) is 0 Å². The normalized spacial score (nSPS) is 15.1. The molecular formula is C27H22BrN. The van der Waals surface area contributed by atoms with Crippen LogP contribution in [0.3, 0.4) is 0 Å². The molecule has 1 aliphatic carbocycles. The molecule has 0 atom stereocenters. The Morgan fingerprint density at radius 2 is 1.59 bits per heavy atom. The van der Waals surface area contributed by atoms with Crippen LogP contribution in [0.4, 0.5) is 0 Å². The number of fused-ring (bicyclic) bond motifs is 4. The first-order valence-corrected chi connectivity index (χ1v) is 10.6. The van der Waals surface area contributed by atoms with Crippen LogP contribution in [0.1, 0.15) is 25.0 Å². The van der Waals surface area contributed by atoms with Gasteiger partial charge in [-0.05, 0) is 64.7 Å². The van der Waals surface area contributed by atoms with E-state index in [-0.39, 0.29) is 5.41 Å². The summed E-state index contributed by atoms with van der Waals surface area (Å²) in [6.07, 6.45) is 3.96. The lowest BCUT2D eigenvalue weighted by Gasteiger charge is -2.23. The highest BCUT2D eigenvalue weighted by Gasteiger charge is 2.36. The van der Waals surface area contributed by atoms with Crippen molar-refractivity contribution in [1.82, 2.24) is 4.57 Å².